The lowest BCUT2D eigenvalue weighted by Crippen LogP contribution is -2.04. The van der Waals surface area contributed by atoms with Crippen LogP contribution in [0, 0.1) is 20.2 Å². The van der Waals surface area contributed by atoms with Gasteiger partial charge in [0.25, 0.3) is 11.4 Å². The maximum atomic E-state index is 11.0. The first-order valence-corrected chi connectivity index (χ1v) is 6.28. The van der Waals surface area contributed by atoms with Crippen LogP contribution in [0.3, 0.4) is 0 Å². The van der Waals surface area contributed by atoms with Crippen LogP contribution in [-0.2, 0) is 0 Å². The van der Waals surface area contributed by atoms with Crippen molar-refractivity contribution >= 4 is 22.8 Å². The molecule has 0 spiro atoms. The van der Waals surface area contributed by atoms with Gasteiger partial charge in [0.2, 0.25) is 0 Å². The lowest BCUT2D eigenvalue weighted by Gasteiger charge is -2.05. The lowest BCUT2D eigenvalue weighted by molar-refractivity contribution is -0.385. The van der Waals surface area contributed by atoms with Crippen molar-refractivity contribution in [2.24, 2.45) is 5.10 Å². The van der Waals surface area contributed by atoms with Crippen LogP contribution in [0.5, 0.6) is 0 Å². The Bertz CT molecular complexity index is 758. The molecule has 0 aliphatic heterocycles. The summed E-state index contributed by atoms with van der Waals surface area (Å²) in [4.78, 5) is 20.9. The van der Waals surface area contributed by atoms with Crippen molar-refractivity contribution in [2.75, 3.05) is 5.43 Å². The molecule has 0 heterocycles. The lowest BCUT2D eigenvalue weighted by atomic mass is 10.1. The molecule has 0 amide bonds. The molecule has 0 saturated heterocycles. The number of hydrazone groups is 1. The van der Waals surface area contributed by atoms with Crippen LogP contribution in [0.2, 0.25) is 0 Å². The van der Waals surface area contributed by atoms with Gasteiger partial charge in [-0.1, -0.05) is 24.3 Å². The summed E-state index contributed by atoms with van der Waals surface area (Å²) >= 11 is 0. The van der Waals surface area contributed by atoms with E-state index in [1.54, 1.807) is 37.3 Å². The predicted octanol–water partition coefficient (Wildman–Crippen LogP) is 3.34. The topological polar surface area (TPSA) is 111 Å². The van der Waals surface area contributed by atoms with E-state index in [0.29, 0.717) is 11.3 Å². The molecule has 1 N–H and O–H groups in total. The zero-order chi connectivity index (χ0) is 16.1. The highest BCUT2D eigenvalue weighted by molar-refractivity contribution is 6.02. The number of nitro benzene ring substituents is 2. The van der Waals surface area contributed by atoms with Gasteiger partial charge < -0.3 is 0 Å². The molecule has 112 valence electrons. The number of nitrogens with one attached hydrogen (secondary N) is 1. The molecule has 0 atom stereocenters. The van der Waals surface area contributed by atoms with Gasteiger partial charge in [0.05, 0.1) is 21.1 Å². The van der Waals surface area contributed by atoms with Gasteiger partial charge in [-0.05, 0) is 19.1 Å². The molecule has 2 aromatic rings. The van der Waals surface area contributed by atoms with Gasteiger partial charge in [0.1, 0.15) is 5.69 Å². The second kappa shape index (κ2) is 6.44. The van der Waals surface area contributed by atoms with Gasteiger partial charge in [0.15, 0.2) is 0 Å². The van der Waals surface area contributed by atoms with Crippen LogP contribution in [0.25, 0.3) is 0 Å². The Morgan fingerprint density at radius 1 is 0.955 bits per heavy atom. The van der Waals surface area contributed by atoms with E-state index in [4.69, 9.17) is 0 Å². The number of para-hydroxylation sites is 3. The first-order valence-electron chi connectivity index (χ1n) is 6.28. The molecule has 22 heavy (non-hydrogen) atoms. The van der Waals surface area contributed by atoms with Gasteiger partial charge in [-0.3, -0.25) is 25.7 Å². The van der Waals surface area contributed by atoms with Crippen molar-refractivity contribution in [1.29, 1.82) is 0 Å². The van der Waals surface area contributed by atoms with E-state index in [2.05, 4.69) is 10.5 Å². The molecule has 0 saturated carbocycles. The summed E-state index contributed by atoms with van der Waals surface area (Å²) < 4.78 is 0. The highest BCUT2D eigenvalue weighted by Gasteiger charge is 2.15. The van der Waals surface area contributed by atoms with Crippen molar-refractivity contribution in [3.8, 4) is 0 Å². The van der Waals surface area contributed by atoms with Crippen LogP contribution >= 0.6 is 0 Å². The fourth-order valence-corrected chi connectivity index (χ4v) is 1.87. The first-order chi connectivity index (χ1) is 10.5. The molecule has 2 rings (SSSR count). The third-order valence-electron chi connectivity index (χ3n) is 2.94. The molecule has 0 unspecified atom stereocenters. The van der Waals surface area contributed by atoms with Crippen LogP contribution in [0.4, 0.5) is 17.1 Å². The minimum atomic E-state index is -0.530. The normalized spacial score (nSPS) is 11.0. The number of hydrogen-bond acceptors (Lipinski definition) is 6. The number of hydrogen-bond donors (Lipinski definition) is 1. The van der Waals surface area contributed by atoms with E-state index in [9.17, 15) is 20.2 Å². The molecule has 0 fully saturated rings. The van der Waals surface area contributed by atoms with Crippen LogP contribution < -0.4 is 5.43 Å². The van der Waals surface area contributed by atoms with Gasteiger partial charge in [0, 0.05) is 12.1 Å². The Balaban J connectivity index is 2.32. The molecule has 2 aromatic carbocycles. The minimum Gasteiger partial charge on any atom is -0.271 e. The fraction of sp³-hybridized carbons (Fsp3) is 0.0714. The molecular weight excluding hydrogens is 288 g/mol. The fourth-order valence-electron chi connectivity index (χ4n) is 1.87. The van der Waals surface area contributed by atoms with Gasteiger partial charge in [-0.2, -0.15) is 5.10 Å². The number of rotatable bonds is 5. The highest BCUT2D eigenvalue weighted by Crippen LogP contribution is 2.24. The van der Waals surface area contributed by atoms with Crippen molar-refractivity contribution in [2.45, 2.75) is 6.92 Å². The predicted molar refractivity (Wildman–Crippen MR) is 82.0 cm³/mol. The van der Waals surface area contributed by atoms with Crippen molar-refractivity contribution in [3.05, 3.63) is 74.3 Å². The highest BCUT2D eigenvalue weighted by atomic mass is 16.6. The second-order valence-corrected chi connectivity index (χ2v) is 4.36. The summed E-state index contributed by atoms with van der Waals surface area (Å²) in [5.41, 5.74) is 3.29. The van der Waals surface area contributed by atoms with Crippen LogP contribution in [0.1, 0.15) is 12.5 Å². The number of nitrogens with zero attached hydrogens (tertiary/aromatic N) is 3. The van der Waals surface area contributed by atoms with E-state index in [0.717, 1.165) is 0 Å². The van der Waals surface area contributed by atoms with Crippen LogP contribution in [0.15, 0.2) is 53.6 Å². The van der Waals surface area contributed by atoms with Gasteiger partial charge >= 0.3 is 0 Å². The summed E-state index contributed by atoms with van der Waals surface area (Å²) in [5.74, 6) is 0. The minimum absolute atomic E-state index is 0.0758. The zero-order valence-electron chi connectivity index (χ0n) is 11.6. The Morgan fingerprint density at radius 2 is 1.50 bits per heavy atom. The zero-order valence-corrected chi connectivity index (χ0v) is 11.6. The molecule has 0 bridgehead atoms. The second-order valence-electron chi connectivity index (χ2n) is 4.36. The van der Waals surface area contributed by atoms with Crippen LogP contribution in [-0.4, -0.2) is 15.6 Å². The quantitative estimate of drug-likeness (QED) is 0.517. The molecule has 8 nitrogen and oxygen atoms in total. The number of anilines is 1. The van der Waals surface area contributed by atoms with E-state index in [-0.39, 0.29) is 17.1 Å². The Morgan fingerprint density at radius 3 is 2.14 bits per heavy atom. The Hall–Kier alpha value is -3.29. The third-order valence-corrected chi connectivity index (χ3v) is 2.94. The molecule has 8 heteroatoms. The largest absolute Gasteiger partial charge is 0.294 e. The van der Waals surface area contributed by atoms with Crippen molar-refractivity contribution in [3.63, 3.8) is 0 Å². The molecular formula is C14H12N4O4. The summed E-state index contributed by atoms with van der Waals surface area (Å²) in [5, 5.41) is 25.9. The average molecular weight is 300 g/mol. The van der Waals surface area contributed by atoms with Crippen molar-refractivity contribution < 1.29 is 9.85 Å². The van der Waals surface area contributed by atoms with E-state index in [1.165, 1.54) is 18.2 Å². The summed E-state index contributed by atoms with van der Waals surface area (Å²) in [6, 6.07) is 12.2. The first kappa shape index (κ1) is 15.1. The van der Waals surface area contributed by atoms with E-state index in [1.807, 2.05) is 0 Å². The SMILES string of the molecule is C/C(=N/Nc1ccccc1[N+](=O)[O-])c1ccccc1[N+](=O)[O-]. The Labute approximate surface area is 125 Å². The molecule has 0 aliphatic rings. The monoisotopic (exact) mass is 300 g/mol. The van der Waals surface area contributed by atoms with E-state index >= 15 is 0 Å². The number of benzene rings is 2. The maximum absolute atomic E-state index is 11.0. The maximum Gasteiger partial charge on any atom is 0.294 e. The molecule has 0 radical (unpaired) electrons. The molecule has 0 aliphatic carbocycles. The average Bonchev–Trinajstić information content (AvgIpc) is 2.52. The van der Waals surface area contributed by atoms with Gasteiger partial charge in [-0.25, -0.2) is 0 Å². The molecule has 0 aromatic heterocycles. The standard InChI is InChI=1S/C14H12N4O4/c1-10(11-6-2-4-8-13(11)17(19)20)15-16-12-7-3-5-9-14(12)18(21)22/h2-9,16H,1H3/b15-10-. The van der Waals surface area contributed by atoms with Gasteiger partial charge in [-0.15, -0.1) is 0 Å². The summed E-state index contributed by atoms with van der Waals surface area (Å²) in [6.07, 6.45) is 0. The smallest absolute Gasteiger partial charge is 0.271 e. The summed E-state index contributed by atoms with van der Waals surface area (Å²) in [6.45, 7) is 1.59. The number of nitro groups is 2. The van der Waals surface area contributed by atoms with E-state index < -0.39 is 9.85 Å². The summed E-state index contributed by atoms with van der Waals surface area (Å²) in [7, 11) is 0. The van der Waals surface area contributed by atoms with Crippen molar-refractivity contribution in [1.82, 2.24) is 0 Å². The third kappa shape index (κ3) is 3.23. The Kier molecular flexibility index (Phi) is 4.42.